The zero-order valence-electron chi connectivity index (χ0n) is 18.5. The van der Waals surface area contributed by atoms with Crippen molar-refractivity contribution in [3.05, 3.63) is 94.5 Å². The van der Waals surface area contributed by atoms with Gasteiger partial charge >= 0.3 is 0 Å². The molecule has 33 heavy (non-hydrogen) atoms. The molecule has 0 fully saturated rings. The SMILES string of the molecule is CN(C)CCNC(=O)c1ccc(N=C(c2ccccc2)c2c(O)[nH]c3cc(Cl)ccc23)cc1. The number of nitrogens with one attached hydrogen (secondary N) is 2. The number of likely N-dealkylation sites (N-methyl/N-ethyl adjacent to an activating group) is 1. The fourth-order valence-electron chi connectivity index (χ4n) is 3.57. The smallest absolute Gasteiger partial charge is 0.251 e. The molecule has 0 aliphatic heterocycles. The van der Waals surface area contributed by atoms with Crippen molar-refractivity contribution in [3.63, 3.8) is 0 Å². The van der Waals surface area contributed by atoms with Crippen molar-refractivity contribution in [2.75, 3.05) is 27.2 Å². The maximum Gasteiger partial charge on any atom is 0.251 e. The Hall–Kier alpha value is -3.61. The van der Waals surface area contributed by atoms with Crippen molar-refractivity contribution < 1.29 is 9.90 Å². The van der Waals surface area contributed by atoms with Crippen LogP contribution in [0, 0.1) is 0 Å². The maximum absolute atomic E-state index is 12.4. The van der Waals surface area contributed by atoms with Crippen LogP contribution in [0.4, 0.5) is 5.69 Å². The van der Waals surface area contributed by atoms with Gasteiger partial charge in [-0.15, -0.1) is 0 Å². The van der Waals surface area contributed by atoms with E-state index in [0.717, 1.165) is 23.0 Å². The van der Waals surface area contributed by atoms with Crippen LogP contribution in [-0.2, 0) is 0 Å². The summed E-state index contributed by atoms with van der Waals surface area (Å²) in [7, 11) is 3.92. The predicted molar refractivity (Wildman–Crippen MR) is 134 cm³/mol. The second kappa shape index (κ2) is 9.90. The van der Waals surface area contributed by atoms with Gasteiger partial charge in [0.05, 0.1) is 22.5 Å². The Morgan fingerprint density at radius 2 is 1.76 bits per heavy atom. The number of H-pyrrole nitrogens is 1. The van der Waals surface area contributed by atoms with E-state index in [1.807, 2.05) is 55.4 Å². The quantitative estimate of drug-likeness (QED) is 0.340. The largest absolute Gasteiger partial charge is 0.494 e. The summed E-state index contributed by atoms with van der Waals surface area (Å²) in [5, 5.41) is 15.0. The lowest BCUT2D eigenvalue weighted by Gasteiger charge is -2.11. The Morgan fingerprint density at radius 1 is 1.03 bits per heavy atom. The molecule has 0 atom stereocenters. The number of aromatic hydroxyl groups is 1. The van der Waals surface area contributed by atoms with E-state index in [2.05, 4.69) is 10.3 Å². The number of aliphatic imine (C=N–C) groups is 1. The molecule has 7 heteroatoms. The number of halogens is 1. The van der Waals surface area contributed by atoms with Gasteiger partial charge in [-0.2, -0.15) is 0 Å². The van der Waals surface area contributed by atoms with E-state index in [9.17, 15) is 9.90 Å². The lowest BCUT2D eigenvalue weighted by molar-refractivity contribution is 0.0951. The highest BCUT2D eigenvalue weighted by atomic mass is 35.5. The van der Waals surface area contributed by atoms with Gasteiger partial charge in [0.2, 0.25) is 0 Å². The average Bonchev–Trinajstić information content (AvgIpc) is 3.12. The second-order valence-electron chi connectivity index (χ2n) is 7.97. The third-order valence-electron chi connectivity index (χ3n) is 5.24. The summed E-state index contributed by atoms with van der Waals surface area (Å²) >= 11 is 6.13. The number of rotatable bonds is 7. The fraction of sp³-hybridized carbons (Fsp3) is 0.154. The molecule has 4 rings (SSSR count). The zero-order chi connectivity index (χ0) is 23.4. The van der Waals surface area contributed by atoms with E-state index in [0.29, 0.717) is 34.1 Å². The topological polar surface area (TPSA) is 80.7 Å². The Bertz CT molecular complexity index is 1300. The van der Waals surface area contributed by atoms with Crippen molar-refractivity contribution >= 4 is 39.8 Å². The summed E-state index contributed by atoms with van der Waals surface area (Å²) in [6, 6.07) is 22.2. The molecule has 6 nitrogen and oxygen atoms in total. The van der Waals surface area contributed by atoms with E-state index in [4.69, 9.17) is 16.6 Å². The first kappa shape index (κ1) is 22.6. The number of nitrogens with zero attached hydrogens (tertiary/aromatic N) is 2. The van der Waals surface area contributed by atoms with E-state index in [-0.39, 0.29) is 11.8 Å². The van der Waals surface area contributed by atoms with Crippen LogP contribution in [0.15, 0.2) is 77.8 Å². The molecule has 0 aliphatic rings. The minimum absolute atomic E-state index is 0.0201. The summed E-state index contributed by atoms with van der Waals surface area (Å²) in [6.07, 6.45) is 0. The zero-order valence-corrected chi connectivity index (χ0v) is 19.2. The second-order valence-corrected chi connectivity index (χ2v) is 8.41. The van der Waals surface area contributed by atoms with Gasteiger partial charge in [0.1, 0.15) is 0 Å². The normalized spacial score (nSPS) is 11.8. The molecule has 0 saturated heterocycles. The average molecular weight is 461 g/mol. The van der Waals surface area contributed by atoms with Crippen LogP contribution in [-0.4, -0.2) is 53.8 Å². The van der Waals surface area contributed by atoms with E-state index < -0.39 is 0 Å². The summed E-state index contributed by atoms with van der Waals surface area (Å²) in [4.78, 5) is 22.2. The standard InChI is InChI=1S/C26H25ClN4O2/c1-31(2)15-14-28-25(32)18-8-11-20(12-9-18)29-24(17-6-4-3-5-7-17)23-21-13-10-19(27)16-22(21)30-26(23)33/h3-13,16,30,33H,14-15H2,1-2H3,(H,28,32). The number of fused-ring (bicyclic) bond motifs is 1. The molecule has 3 N–H and O–H groups in total. The van der Waals surface area contributed by atoms with Gasteiger partial charge in [0.25, 0.3) is 5.91 Å². The van der Waals surface area contributed by atoms with Crippen molar-refractivity contribution in [2.45, 2.75) is 0 Å². The van der Waals surface area contributed by atoms with E-state index in [1.54, 1.807) is 36.4 Å². The lowest BCUT2D eigenvalue weighted by atomic mass is 10.0. The van der Waals surface area contributed by atoms with Crippen LogP contribution >= 0.6 is 11.6 Å². The van der Waals surface area contributed by atoms with Gasteiger partial charge in [-0.3, -0.25) is 4.79 Å². The highest BCUT2D eigenvalue weighted by Gasteiger charge is 2.19. The molecular weight excluding hydrogens is 436 g/mol. The summed E-state index contributed by atoms with van der Waals surface area (Å²) in [5.74, 6) is -0.103. The predicted octanol–water partition coefficient (Wildman–Crippen LogP) is 4.99. The van der Waals surface area contributed by atoms with Crippen LogP contribution in [0.3, 0.4) is 0 Å². The van der Waals surface area contributed by atoms with Crippen molar-refractivity contribution in [1.29, 1.82) is 0 Å². The number of aromatic amines is 1. The van der Waals surface area contributed by atoms with Crippen molar-refractivity contribution in [1.82, 2.24) is 15.2 Å². The van der Waals surface area contributed by atoms with Crippen LogP contribution in [0.25, 0.3) is 10.9 Å². The Balaban J connectivity index is 1.71. The minimum Gasteiger partial charge on any atom is -0.494 e. The number of carbonyl (C=O) groups is 1. The van der Waals surface area contributed by atoms with Crippen LogP contribution < -0.4 is 5.32 Å². The molecule has 0 unspecified atom stereocenters. The first-order valence-electron chi connectivity index (χ1n) is 10.6. The highest BCUT2D eigenvalue weighted by Crippen LogP contribution is 2.32. The van der Waals surface area contributed by atoms with E-state index >= 15 is 0 Å². The van der Waals surface area contributed by atoms with Crippen molar-refractivity contribution in [2.24, 2.45) is 4.99 Å². The number of amides is 1. The van der Waals surface area contributed by atoms with Crippen LogP contribution in [0.2, 0.25) is 5.02 Å². The molecule has 0 radical (unpaired) electrons. The monoisotopic (exact) mass is 460 g/mol. The Morgan fingerprint density at radius 3 is 2.45 bits per heavy atom. The number of aromatic nitrogens is 1. The van der Waals surface area contributed by atoms with E-state index in [1.165, 1.54) is 0 Å². The molecule has 3 aromatic carbocycles. The van der Waals surface area contributed by atoms with Gasteiger partial charge in [-0.05, 0) is 50.5 Å². The third kappa shape index (κ3) is 5.25. The first-order valence-corrected chi connectivity index (χ1v) is 11.0. The molecule has 1 heterocycles. The molecule has 0 bridgehead atoms. The molecule has 1 aromatic heterocycles. The van der Waals surface area contributed by atoms with Gasteiger partial charge in [0.15, 0.2) is 5.88 Å². The number of benzene rings is 3. The summed E-state index contributed by atoms with van der Waals surface area (Å²) in [5.41, 5.74) is 4.03. The van der Waals surface area contributed by atoms with Crippen LogP contribution in [0.1, 0.15) is 21.5 Å². The lowest BCUT2D eigenvalue weighted by Crippen LogP contribution is -2.31. The van der Waals surface area contributed by atoms with Gasteiger partial charge in [0, 0.05) is 34.6 Å². The highest BCUT2D eigenvalue weighted by molar-refractivity contribution is 6.31. The summed E-state index contributed by atoms with van der Waals surface area (Å²) < 4.78 is 0. The molecule has 0 saturated carbocycles. The molecular formula is C26H25ClN4O2. The van der Waals surface area contributed by atoms with Gasteiger partial charge in [-0.1, -0.05) is 48.0 Å². The van der Waals surface area contributed by atoms with Gasteiger partial charge < -0.3 is 20.3 Å². The molecule has 4 aromatic rings. The molecule has 0 aliphatic carbocycles. The minimum atomic E-state index is -0.123. The third-order valence-corrected chi connectivity index (χ3v) is 5.47. The molecule has 168 valence electrons. The van der Waals surface area contributed by atoms with Crippen LogP contribution in [0.5, 0.6) is 5.88 Å². The fourth-order valence-corrected chi connectivity index (χ4v) is 3.74. The molecule has 1 amide bonds. The Kier molecular flexibility index (Phi) is 6.77. The Labute approximate surface area is 197 Å². The maximum atomic E-state index is 12.4. The number of hydrogen-bond donors (Lipinski definition) is 3. The molecule has 0 spiro atoms. The van der Waals surface area contributed by atoms with Gasteiger partial charge in [-0.25, -0.2) is 4.99 Å². The van der Waals surface area contributed by atoms with Crippen molar-refractivity contribution in [3.8, 4) is 5.88 Å². The number of hydrogen-bond acceptors (Lipinski definition) is 4. The summed E-state index contributed by atoms with van der Waals surface area (Å²) in [6.45, 7) is 1.35. The first-order chi connectivity index (χ1) is 15.9. The number of carbonyl (C=O) groups excluding carboxylic acids is 1.